The topological polar surface area (TPSA) is 9.23 Å². The fraction of sp³-hybridized carbons (Fsp3) is 0.857. The van der Waals surface area contributed by atoms with Gasteiger partial charge in [-0.05, 0) is 62.7 Å². The number of ether oxygens (including phenoxy) is 1. The fourth-order valence-electron chi connectivity index (χ4n) is 4.57. The molecule has 0 heterocycles. The molecule has 0 radical (unpaired) electrons. The molecular weight excluding hydrogens is 184 g/mol. The first-order valence-corrected chi connectivity index (χ1v) is 6.54. The molecule has 0 spiro atoms. The van der Waals surface area contributed by atoms with E-state index in [1.807, 2.05) is 6.08 Å². The van der Waals surface area contributed by atoms with E-state index in [2.05, 4.69) is 6.58 Å². The molecule has 0 aromatic carbocycles. The molecule has 84 valence electrons. The van der Waals surface area contributed by atoms with Gasteiger partial charge >= 0.3 is 0 Å². The zero-order chi connectivity index (χ0) is 10.3. The fourth-order valence-corrected chi connectivity index (χ4v) is 4.57. The van der Waals surface area contributed by atoms with Gasteiger partial charge in [-0.25, -0.2) is 0 Å². The maximum Gasteiger partial charge on any atom is 0.0690 e. The predicted octanol–water partition coefficient (Wildman–Crippen LogP) is 3.55. The van der Waals surface area contributed by atoms with E-state index < -0.39 is 0 Å². The number of rotatable bonds is 4. The third-order valence-electron chi connectivity index (χ3n) is 4.71. The smallest absolute Gasteiger partial charge is 0.0690 e. The third-order valence-corrected chi connectivity index (χ3v) is 4.71. The Morgan fingerprint density at radius 2 is 1.60 bits per heavy atom. The van der Waals surface area contributed by atoms with Gasteiger partial charge in [-0.15, -0.1) is 6.58 Å². The van der Waals surface area contributed by atoms with Crippen LogP contribution in [0, 0.1) is 17.8 Å². The lowest BCUT2D eigenvalue weighted by molar-refractivity contribution is -0.161. The molecule has 4 saturated carbocycles. The van der Waals surface area contributed by atoms with E-state index in [9.17, 15) is 0 Å². The van der Waals surface area contributed by atoms with Gasteiger partial charge in [-0.2, -0.15) is 0 Å². The summed E-state index contributed by atoms with van der Waals surface area (Å²) in [6, 6.07) is 0. The van der Waals surface area contributed by atoms with Crippen LogP contribution >= 0.6 is 0 Å². The van der Waals surface area contributed by atoms with Gasteiger partial charge in [0.2, 0.25) is 0 Å². The van der Waals surface area contributed by atoms with Gasteiger partial charge in [-0.1, -0.05) is 6.08 Å². The summed E-state index contributed by atoms with van der Waals surface area (Å²) < 4.78 is 6.21. The molecule has 0 aliphatic heterocycles. The van der Waals surface area contributed by atoms with Gasteiger partial charge in [0, 0.05) is 0 Å². The summed E-state index contributed by atoms with van der Waals surface area (Å²) in [4.78, 5) is 0. The molecule has 1 nitrogen and oxygen atoms in total. The van der Waals surface area contributed by atoms with E-state index in [-0.39, 0.29) is 0 Å². The van der Waals surface area contributed by atoms with Crippen molar-refractivity contribution in [1.29, 1.82) is 0 Å². The van der Waals surface area contributed by atoms with Gasteiger partial charge in [0.25, 0.3) is 0 Å². The monoisotopic (exact) mass is 206 g/mol. The van der Waals surface area contributed by atoms with Crippen LogP contribution in [0.5, 0.6) is 0 Å². The number of hydrogen-bond acceptors (Lipinski definition) is 1. The normalized spacial score (nSPS) is 47.1. The van der Waals surface area contributed by atoms with E-state index >= 15 is 0 Å². The van der Waals surface area contributed by atoms with Crippen LogP contribution in [0.3, 0.4) is 0 Å². The van der Waals surface area contributed by atoms with Gasteiger partial charge in [-0.3, -0.25) is 0 Å². The van der Waals surface area contributed by atoms with Crippen LogP contribution in [0.4, 0.5) is 0 Å². The first-order chi connectivity index (χ1) is 7.30. The Morgan fingerprint density at radius 1 is 1.07 bits per heavy atom. The van der Waals surface area contributed by atoms with E-state index in [1.165, 1.54) is 38.5 Å². The molecule has 15 heavy (non-hydrogen) atoms. The summed E-state index contributed by atoms with van der Waals surface area (Å²) in [6.07, 6.45) is 11.6. The Hall–Kier alpha value is -0.300. The van der Waals surface area contributed by atoms with Crippen molar-refractivity contribution in [3.05, 3.63) is 12.7 Å². The predicted molar refractivity (Wildman–Crippen MR) is 61.7 cm³/mol. The molecular formula is C14H22O. The van der Waals surface area contributed by atoms with E-state index in [1.54, 1.807) is 0 Å². The molecule has 1 heteroatoms. The first-order valence-electron chi connectivity index (χ1n) is 6.54. The Kier molecular flexibility index (Phi) is 2.39. The van der Waals surface area contributed by atoms with Crippen LogP contribution < -0.4 is 0 Å². The molecule has 4 bridgehead atoms. The second-order valence-corrected chi connectivity index (χ2v) is 6.03. The van der Waals surface area contributed by atoms with E-state index in [4.69, 9.17) is 4.74 Å². The van der Waals surface area contributed by atoms with Crippen molar-refractivity contribution in [3.8, 4) is 0 Å². The van der Waals surface area contributed by atoms with Gasteiger partial charge in [0.15, 0.2) is 0 Å². The van der Waals surface area contributed by atoms with Crippen molar-refractivity contribution >= 4 is 0 Å². The summed E-state index contributed by atoms with van der Waals surface area (Å²) in [5.74, 6) is 3.00. The highest BCUT2D eigenvalue weighted by Crippen LogP contribution is 2.57. The minimum absolute atomic E-state index is 0.303. The van der Waals surface area contributed by atoms with E-state index in [0.29, 0.717) is 5.60 Å². The van der Waals surface area contributed by atoms with Crippen molar-refractivity contribution in [1.82, 2.24) is 0 Å². The lowest BCUT2D eigenvalue weighted by Crippen LogP contribution is -2.52. The highest BCUT2D eigenvalue weighted by molar-refractivity contribution is 5.03. The minimum atomic E-state index is 0.303. The molecule has 0 aromatic rings. The largest absolute Gasteiger partial charge is 0.375 e. The van der Waals surface area contributed by atoms with Crippen molar-refractivity contribution in [3.63, 3.8) is 0 Å². The standard InChI is InChI=1S/C14H22O/c1-2-3-4-15-14-8-11-5-12(9-14)7-13(6-11)10-14/h2,11-13H,1,3-10H2. The summed E-state index contributed by atoms with van der Waals surface area (Å²) in [5.41, 5.74) is 0.303. The molecule has 4 aliphatic rings. The zero-order valence-electron chi connectivity index (χ0n) is 9.58. The lowest BCUT2D eigenvalue weighted by Gasteiger charge is -2.56. The highest BCUT2D eigenvalue weighted by Gasteiger charge is 2.51. The molecule has 4 aliphatic carbocycles. The Bertz CT molecular complexity index is 221. The lowest BCUT2D eigenvalue weighted by atomic mass is 9.54. The minimum Gasteiger partial charge on any atom is -0.375 e. The van der Waals surface area contributed by atoms with Gasteiger partial charge in [0.1, 0.15) is 0 Å². The Labute approximate surface area is 92.9 Å². The van der Waals surface area contributed by atoms with Crippen molar-refractivity contribution in [2.75, 3.05) is 6.61 Å². The Morgan fingerprint density at radius 3 is 2.07 bits per heavy atom. The van der Waals surface area contributed by atoms with E-state index in [0.717, 1.165) is 30.8 Å². The van der Waals surface area contributed by atoms with Crippen LogP contribution in [0.2, 0.25) is 0 Å². The van der Waals surface area contributed by atoms with Gasteiger partial charge in [0.05, 0.1) is 12.2 Å². The average molecular weight is 206 g/mol. The first kappa shape index (κ1) is 9.89. The molecule has 0 aromatic heterocycles. The van der Waals surface area contributed by atoms with Crippen LogP contribution in [0.25, 0.3) is 0 Å². The maximum absolute atomic E-state index is 6.21. The van der Waals surface area contributed by atoms with Gasteiger partial charge < -0.3 is 4.74 Å². The van der Waals surface area contributed by atoms with Crippen molar-refractivity contribution < 1.29 is 4.74 Å². The SMILES string of the molecule is C=CCCOC12CC3CC(CC(C3)C1)C2. The van der Waals surface area contributed by atoms with Crippen LogP contribution in [0.15, 0.2) is 12.7 Å². The van der Waals surface area contributed by atoms with Crippen molar-refractivity contribution in [2.24, 2.45) is 17.8 Å². The quantitative estimate of drug-likeness (QED) is 0.505. The number of hydrogen-bond donors (Lipinski definition) is 0. The third kappa shape index (κ3) is 1.75. The molecule has 0 N–H and O–H groups in total. The summed E-state index contributed by atoms with van der Waals surface area (Å²) >= 11 is 0. The van der Waals surface area contributed by atoms with Crippen LogP contribution in [-0.2, 0) is 4.74 Å². The molecule has 0 unspecified atom stereocenters. The highest BCUT2D eigenvalue weighted by atomic mass is 16.5. The van der Waals surface area contributed by atoms with Crippen LogP contribution in [0.1, 0.15) is 44.9 Å². The summed E-state index contributed by atoms with van der Waals surface area (Å²) in [6.45, 7) is 4.66. The average Bonchev–Trinajstić information content (AvgIpc) is 2.15. The zero-order valence-corrected chi connectivity index (χ0v) is 9.58. The summed E-state index contributed by atoms with van der Waals surface area (Å²) in [7, 11) is 0. The maximum atomic E-state index is 6.21. The molecule has 4 rings (SSSR count). The molecule has 0 amide bonds. The Balaban J connectivity index is 1.67. The second kappa shape index (κ2) is 3.62. The van der Waals surface area contributed by atoms with Crippen LogP contribution in [-0.4, -0.2) is 12.2 Å². The molecule has 4 fully saturated rings. The summed E-state index contributed by atoms with van der Waals surface area (Å²) in [5, 5.41) is 0. The van der Waals surface area contributed by atoms with Crippen molar-refractivity contribution in [2.45, 2.75) is 50.5 Å². The molecule has 0 atom stereocenters. The molecule has 0 saturated heterocycles. The second-order valence-electron chi connectivity index (χ2n) is 6.03.